The first-order chi connectivity index (χ1) is 16.1. The second-order valence-corrected chi connectivity index (χ2v) is 7.86. The molecule has 2 amide bonds. The van der Waals surface area contributed by atoms with Crippen LogP contribution < -0.4 is 15.4 Å². The van der Waals surface area contributed by atoms with Crippen molar-refractivity contribution in [1.29, 1.82) is 0 Å². The Morgan fingerprint density at radius 1 is 1.21 bits per heavy atom. The second-order valence-electron chi connectivity index (χ2n) is 7.86. The van der Waals surface area contributed by atoms with E-state index in [1.165, 1.54) is 0 Å². The number of rotatable bonds is 8. The minimum absolute atomic E-state index is 0.0349. The van der Waals surface area contributed by atoms with Gasteiger partial charge in [0.2, 0.25) is 0 Å². The number of ether oxygens (including phenoxy) is 2. The molecule has 10 nitrogen and oxygen atoms in total. The second kappa shape index (κ2) is 10.9. The molecule has 1 aliphatic heterocycles. The van der Waals surface area contributed by atoms with Gasteiger partial charge in [-0.3, -0.25) is 9.67 Å². The van der Waals surface area contributed by atoms with Crippen LogP contribution in [0.15, 0.2) is 54.9 Å². The lowest BCUT2D eigenvalue weighted by Gasteiger charge is -2.36. The summed E-state index contributed by atoms with van der Waals surface area (Å²) in [5, 5.41) is 23.9. The minimum Gasteiger partial charge on any atom is -0.497 e. The summed E-state index contributed by atoms with van der Waals surface area (Å²) in [6.45, 7) is 0.468. The number of aliphatic hydroxyl groups is 1. The van der Waals surface area contributed by atoms with Crippen LogP contribution in [0.1, 0.15) is 19.3 Å². The molecular formula is C23H28N6O4. The zero-order valence-corrected chi connectivity index (χ0v) is 18.4. The number of nitrogens with zero attached hydrogens (tertiary/aromatic N) is 4. The van der Waals surface area contributed by atoms with Crippen LogP contribution in [-0.2, 0) is 11.3 Å². The van der Waals surface area contributed by atoms with Crippen molar-refractivity contribution in [3.8, 4) is 17.1 Å². The number of methoxy groups -OCH3 is 1. The van der Waals surface area contributed by atoms with E-state index in [0.29, 0.717) is 24.4 Å². The van der Waals surface area contributed by atoms with Crippen LogP contribution in [0.25, 0.3) is 11.4 Å². The van der Waals surface area contributed by atoms with E-state index in [0.717, 1.165) is 24.2 Å². The Balaban J connectivity index is 1.25. The number of hydrogen-bond donors (Lipinski definition) is 3. The molecule has 0 radical (unpaired) electrons. The number of hydrogen-bond acceptors (Lipinski definition) is 7. The van der Waals surface area contributed by atoms with Gasteiger partial charge in [-0.25, -0.2) is 4.79 Å². The molecule has 3 N–H and O–H groups in total. The zero-order chi connectivity index (χ0) is 23.0. The van der Waals surface area contributed by atoms with Crippen molar-refractivity contribution in [1.82, 2.24) is 25.3 Å². The number of amides is 2. The van der Waals surface area contributed by atoms with Crippen molar-refractivity contribution < 1.29 is 19.4 Å². The molecule has 3 aromatic rings. The predicted octanol–water partition coefficient (Wildman–Crippen LogP) is 2.47. The molecule has 1 fully saturated rings. The molecule has 4 rings (SSSR count). The number of carbonyl (C=O) groups is 1. The molecule has 2 aromatic heterocycles. The van der Waals surface area contributed by atoms with Crippen molar-refractivity contribution >= 4 is 11.7 Å². The van der Waals surface area contributed by atoms with Crippen molar-refractivity contribution in [2.24, 2.45) is 0 Å². The number of pyridine rings is 1. The molecule has 1 aliphatic rings. The summed E-state index contributed by atoms with van der Waals surface area (Å²) in [6.07, 6.45) is 5.29. The van der Waals surface area contributed by atoms with E-state index in [2.05, 4.69) is 25.9 Å². The molecule has 0 spiro atoms. The summed E-state index contributed by atoms with van der Waals surface area (Å²) in [7, 11) is 1.59. The van der Waals surface area contributed by atoms with Crippen LogP contribution in [0.5, 0.6) is 5.75 Å². The molecule has 33 heavy (non-hydrogen) atoms. The monoisotopic (exact) mass is 452 g/mol. The van der Waals surface area contributed by atoms with Crippen LogP contribution in [0, 0.1) is 0 Å². The first kappa shape index (κ1) is 22.7. The fraction of sp³-hybridized carbons (Fsp3) is 0.391. The topological polar surface area (TPSA) is 123 Å². The van der Waals surface area contributed by atoms with Gasteiger partial charge in [-0.1, -0.05) is 11.3 Å². The molecule has 3 heterocycles. The number of aryl methyl sites for hydroxylation is 1. The number of nitrogens with one attached hydrogen (secondary N) is 2. The summed E-state index contributed by atoms with van der Waals surface area (Å²) >= 11 is 0. The summed E-state index contributed by atoms with van der Waals surface area (Å²) < 4.78 is 13.0. The molecule has 10 heteroatoms. The average Bonchev–Trinajstić information content (AvgIpc) is 3.33. The van der Waals surface area contributed by atoms with E-state index in [-0.39, 0.29) is 24.8 Å². The Hall–Kier alpha value is -3.50. The number of anilines is 1. The van der Waals surface area contributed by atoms with E-state index in [4.69, 9.17) is 9.47 Å². The van der Waals surface area contributed by atoms with Gasteiger partial charge in [-0.15, -0.1) is 5.10 Å². The van der Waals surface area contributed by atoms with Gasteiger partial charge in [0, 0.05) is 18.4 Å². The van der Waals surface area contributed by atoms with Crippen LogP contribution in [0.3, 0.4) is 0 Å². The maximum absolute atomic E-state index is 12.4. The molecule has 0 unspecified atom stereocenters. The Morgan fingerprint density at radius 3 is 2.79 bits per heavy atom. The van der Waals surface area contributed by atoms with Crippen molar-refractivity contribution in [2.45, 2.75) is 44.1 Å². The Bertz CT molecular complexity index is 1030. The lowest BCUT2D eigenvalue weighted by Crippen LogP contribution is -2.52. The van der Waals surface area contributed by atoms with E-state index < -0.39 is 6.10 Å². The highest BCUT2D eigenvalue weighted by Crippen LogP contribution is 2.23. The average molecular weight is 453 g/mol. The first-order valence-electron chi connectivity index (χ1n) is 10.9. The van der Waals surface area contributed by atoms with Gasteiger partial charge >= 0.3 is 6.03 Å². The molecule has 0 aliphatic carbocycles. The van der Waals surface area contributed by atoms with Gasteiger partial charge in [-0.2, -0.15) is 0 Å². The van der Waals surface area contributed by atoms with E-state index in [1.807, 2.05) is 24.4 Å². The maximum atomic E-state index is 12.4. The maximum Gasteiger partial charge on any atom is 0.319 e. The predicted molar refractivity (Wildman–Crippen MR) is 122 cm³/mol. The molecule has 1 aromatic carbocycles. The van der Waals surface area contributed by atoms with E-state index in [1.54, 1.807) is 42.3 Å². The quantitative estimate of drug-likeness (QED) is 0.480. The van der Waals surface area contributed by atoms with Crippen molar-refractivity contribution in [3.63, 3.8) is 0 Å². The van der Waals surface area contributed by atoms with Gasteiger partial charge in [0.15, 0.2) is 0 Å². The van der Waals surface area contributed by atoms with Crippen LogP contribution in [-0.4, -0.2) is 63.1 Å². The number of carbonyl (C=O) groups excluding carboxylic acids is 1. The fourth-order valence-electron chi connectivity index (χ4n) is 3.83. The van der Waals surface area contributed by atoms with Crippen LogP contribution in [0.2, 0.25) is 0 Å². The highest BCUT2D eigenvalue weighted by Gasteiger charge is 2.31. The van der Waals surface area contributed by atoms with Crippen molar-refractivity contribution in [3.05, 3.63) is 54.9 Å². The normalized spacial score (nSPS) is 20.2. The Morgan fingerprint density at radius 2 is 2.06 bits per heavy atom. The lowest BCUT2D eigenvalue weighted by molar-refractivity contribution is -0.0905. The SMILES string of the molecule is COc1ccc(NC(=O)N[C@@H]2CC[C@@H](CCn3cc(-c4ccccn4)nn3)O[C@H]2CO)cc1. The fourth-order valence-corrected chi connectivity index (χ4v) is 3.83. The highest BCUT2D eigenvalue weighted by atomic mass is 16.5. The lowest BCUT2D eigenvalue weighted by atomic mass is 9.97. The molecule has 174 valence electrons. The van der Waals surface area contributed by atoms with Crippen molar-refractivity contribution in [2.75, 3.05) is 19.0 Å². The third kappa shape index (κ3) is 6.05. The number of aliphatic hydroxyl groups excluding tert-OH is 1. The standard InChI is InChI=1S/C23H28N6O4/c1-32-17-7-5-16(6-8-17)25-23(31)26-20-10-9-18(33-22(20)15-30)11-13-29-14-21(27-28-29)19-4-2-3-12-24-19/h2-8,12,14,18,20,22,30H,9-11,13,15H2,1H3,(H2,25,26,31)/t18-,20+,22-/m0/s1. The third-order valence-corrected chi connectivity index (χ3v) is 5.61. The minimum atomic E-state index is -0.467. The third-order valence-electron chi connectivity index (χ3n) is 5.61. The van der Waals surface area contributed by atoms with E-state index in [9.17, 15) is 9.90 Å². The molecule has 3 atom stereocenters. The van der Waals surface area contributed by atoms with Gasteiger partial charge in [0.05, 0.1) is 37.8 Å². The van der Waals surface area contributed by atoms with Gasteiger partial charge in [-0.05, 0) is 55.7 Å². The molecular weight excluding hydrogens is 424 g/mol. The summed E-state index contributed by atoms with van der Waals surface area (Å²) in [4.78, 5) is 16.7. The summed E-state index contributed by atoms with van der Waals surface area (Å²) in [5.41, 5.74) is 2.15. The number of urea groups is 1. The number of aromatic nitrogens is 4. The molecule has 1 saturated heterocycles. The number of benzene rings is 1. The van der Waals surface area contributed by atoms with Crippen LogP contribution in [0.4, 0.5) is 10.5 Å². The van der Waals surface area contributed by atoms with Gasteiger partial charge < -0.3 is 25.2 Å². The smallest absolute Gasteiger partial charge is 0.319 e. The Kier molecular flexibility index (Phi) is 7.48. The summed E-state index contributed by atoms with van der Waals surface area (Å²) in [6, 6.07) is 12.1. The first-order valence-corrected chi connectivity index (χ1v) is 10.9. The summed E-state index contributed by atoms with van der Waals surface area (Å²) in [5.74, 6) is 0.715. The molecule has 0 bridgehead atoms. The largest absolute Gasteiger partial charge is 0.497 e. The van der Waals surface area contributed by atoms with Gasteiger partial charge in [0.1, 0.15) is 17.5 Å². The van der Waals surface area contributed by atoms with Crippen LogP contribution >= 0.6 is 0 Å². The Labute approximate surface area is 191 Å². The molecule has 0 saturated carbocycles. The highest BCUT2D eigenvalue weighted by molar-refractivity contribution is 5.89. The zero-order valence-electron chi connectivity index (χ0n) is 18.4. The van der Waals surface area contributed by atoms with E-state index >= 15 is 0 Å². The van der Waals surface area contributed by atoms with Gasteiger partial charge in [0.25, 0.3) is 0 Å².